The number of carbonyl (C=O) groups is 2. The molecular formula is C29H19FN2O2. The Kier molecular flexibility index (Phi) is 5.67. The first-order valence-corrected chi connectivity index (χ1v) is 10.7. The van der Waals surface area contributed by atoms with Gasteiger partial charge in [0, 0.05) is 34.0 Å². The van der Waals surface area contributed by atoms with Gasteiger partial charge in [-0.3, -0.25) is 14.6 Å². The van der Waals surface area contributed by atoms with Gasteiger partial charge in [-0.2, -0.15) is 0 Å². The Morgan fingerprint density at radius 2 is 1.44 bits per heavy atom. The van der Waals surface area contributed by atoms with Crippen LogP contribution in [0.1, 0.15) is 26.3 Å². The molecule has 1 amide bonds. The Balaban J connectivity index is 1.46. The van der Waals surface area contributed by atoms with Crippen LogP contribution in [-0.4, -0.2) is 16.7 Å². The molecule has 34 heavy (non-hydrogen) atoms. The fourth-order valence-corrected chi connectivity index (χ4v) is 3.91. The number of hydrogen-bond acceptors (Lipinski definition) is 3. The molecule has 5 heteroatoms. The van der Waals surface area contributed by atoms with Gasteiger partial charge < -0.3 is 5.32 Å². The van der Waals surface area contributed by atoms with Gasteiger partial charge in [-0.25, -0.2) is 4.39 Å². The number of anilines is 1. The lowest BCUT2D eigenvalue weighted by Crippen LogP contribution is -2.13. The summed E-state index contributed by atoms with van der Waals surface area (Å²) < 4.78 is 14.2. The normalized spacial score (nSPS) is 10.7. The third-order valence-electron chi connectivity index (χ3n) is 5.62. The SMILES string of the molecule is O=C(c1ccccc1)c1ccc(-c2cc(F)ccc2NC(=O)c2ccnc3ccccc23)cc1. The van der Waals surface area contributed by atoms with E-state index < -0.39 is 5.82 Å². The topological polar surface area (TPSA) is 59.1 Å². The molecule has 0 fully saturated rings. The summed E-state index contributed by atoms with van der Waals surface area (Å²) >= 11 is 0. The quantitative estimate of drug-likeness (QED) is 0.313. The van der Waals surface area contributed by atoms with E-state index in [0.29, 0.717) is 39.0 Å². The lowest BCUT2D eigenvalue weighted by atomic mass is 9.98. The lowest BCUT2D eigenvalue weighted by Gasteiger charge is -2.13. The van der Waals surface area contributed by atoms with E-state index >= 15 is 0 Å². The summed E-state index contributed by atoms with van der Waals surface area (Å²) in [6.45, 7) is 0. The van der Waals surface area contributed by atoms with Crippen molar-refractivity contribution in [3.8, 4) is 11.1 Å². The first-order chi connectivity index (χ1) is 16.6. The van der Waals surface area contributed by atoms with Crippen LogP contribution in [0, 0.1) is 5.82 Å². The number of pyridine rings is 1. The van der Waals surface area contributed by atoms with Crippen LogP contribution in [0.4, 0.5) is 10.1 Å². The van der Waals surface area contributed by atoms with Crippen molar-refractivity contribution in [3.05, 3.63) is 132 Å². The Bertz CT molecular complexity index is 1510. The molecule has 0 atom stereocenters. The minimum absolute atomic E-state index is 0.0931. The monoisotopic (exact) mass is 446 g/mol. The van der Waals surface area contributed by atoms with E-state index in [-0.39, 0.29) is 11.7 Å². The molecule has 164 valence electrons. The number of amides is 1. The van der Waals surface area contributed by atoms with Gasteiger partial charge in [0.2, 0.25) is 0 Å². The van der Waals surface area contributed by atoms with E-state index in [1.165, 1.54) is 18.2 Å². The number of hydrogen-bond donors (Lipinski definition) is 1. The smallest absolute Gasteiger partial charge is 0.256 e. The second-order valence-corrected chi connectivity index (χ2v) is 7.79. The minimum Gasteiger partial charge on any atom is -0.321 e. The van der Waals surface area contributed by atoms with Crippen molar-refractivity contribution in [1.29, 1.82) is 0 Å². The van der Waals surface area contributed by atoms with Gasteiger partial charge in [-0.1, -0.05) is 72.8 Å². The average molecular weight is 446 g/mol. The standard InChI is InChI=1S/C29H19FN2O2/c30-22-14-15-27(32-29(34)24-16-17-31-26-9-5-4-8-23(24)26)25(18-22)19-10-12-21(13-11-19)28(33)20-6-2-1-3-7-20/h1-18H,(H,32,34). The molecule has 1 aromatic heterocycles. The number of nitrogens with one attached hydrogen (secondary N) is 1. The maximum atomic E-state index is 14.2. The molecule has 0 spiro atoms. The number of fused-ring (bicyclic) bond motifs is 1. The van der Waals surface area contributed by atoms with Crippen molar-refractivity contribution >= 4 is 28.3 Å². The van der Waals surface area contributed by atoms with Crippen LogP contribution in [0.25, 0.3) is 22.0 Å². The number of benzene rings is 4. The number of halogens is 1. The third-order valence-corrected chi connectivity index (χ3v) is 5.62. The first-order valence-electron chi connectivity index (χ1n) is 10.7. The molecule has 0 aliphatic carbocycles. The largest absolute Gasteiger partial charge is 0.321 e. The zero-order chi connectivity index (χ0) is 23.5. The Morgan fingerprint density at radius 3 is 2.24 bits per heavy atom. The van der Waals surface area contributed by atoms with E-state index in [9.17, 15) is 14.0 Å². The van der Waals surface area contributed by atoms with Crippen LogP contribution in [0.15, 0.2) is 109 Å². The van der Waals surface area contributed by atoms with Gasteiger partial charge in [0.25, 0.3) is 5.91 Å². The molecule has 5 rings (SSSR count). The predicted octanol–water partition coefficient (Wildman–Crippen LogP) is 6.52. The second-order valence-electron chi connectivity index (χ2n) is 7.79. The van der Waals surface area contributed by atoms with Gasteiger partial charge in [0.1, 0.15) is 5.82 Å². The van der Waals surface area contributed by atoms with Crippen molar-refractivity contribution in [3.63, 3.8) is 0 Å². The zero-order valence-electron chi connectivity index (χ0n) is 18.0. The number of rotatable bonds is 5. The number of ketones is 1. The van der Waals surface area contributed by atoms with Gasteiger partial charge in [0.15, 0.2) is 5.78 Å². The van der Waals surface area contributed by atoms with E-state index in [0.717, 1.165) is 5.39 Å². The van der Waals surface area contributed by atoms with Crippen molar-refractivity contribution in [2.24, 2.45) is 0 Å². The molecular weight excluding hydrogens is 427 g/mol. The van der Waals surface area contributed by atoms with Crippen LogP contribution < -0.4 is 5.32 Å². The summed E-state index contributed by atoms with van der Waals surface area (Å²) in [5.41, 5.74) is 3.98. The third kappa shape index (κ3) is 4.19. The molecule has 5 aromatic rings. The molecule has 4 aromatic carbocycles. The Labute approximate surface area is 195 Å². The molecule has 4 nitrogen and oxygen atoms in total. The minimum atomic E-state index is -0.424. The van der Waals surface area contributed by atoms with Crippen molar-refractivity contribution < 1.29 is 14.0 Å². The van der Waals surface area contributed by atoms with Crippen molar-refractivity contribution in [1.82, 2.24) is 4.98 Å². The molecule has 0 aliphatic rings. The average Bonchev–Trinajstić information content (AvgIpc) is 2.89. The van der Waals surface area contributed by atoms with E-state index in [2.05, 4.69) is 10.3 Å². The van der Waals surface area contributed by atoms with Gasteiger partial charge in [-0.15, -0.1) is 0 Å². The van der Waals surface area contributed by atoms with Crippen molar-refractivity contribution in [2.45, 2.75) is 0 Å². The molecule has 0 bridgehead atoms. The molecule has 0 radical (unpaired) electrons. The second kappa shape index (κ2) is 9.08. The van der Waals surface area contributed by atoms with Crippen LogP contribution >= 0.6 is 0 Å². The highest BCUT2D eigenvalue weighted by Gasteiger charge is 2.15. The molecule has 1 N–H and O–H groups in total. The Hall–Kier alpha value is -4.64. The molecule has 1 heterocycles. The number of para-hydroxylation sites is 1. The predicted molar refractivity (Wildman–Crippen MR) is 131 cm³/mol. The van der Waals surface area contributed by atoms with Gasteiger partial charge >= 0.3 is 0 Å². The van der Waals surface area contributed by atoms with Gasteiger partial charge in [-0.05, 0) is 35.9 Å². The van der Waals surface area contributed by atoms with E-state index in [1.54, 1.807) is 48.7 Å². The van der Waals surface area contributed by atoms with Crippen LogP contribution in [0.5, 0.6) is 0 Å². The molecule has 0 unspecified atom stereocenters. The fraction of sp³-hybridized carbons (Fsp3) is 0. The lowest BCUT2D eigenvalue weighted by molar-refractivity contribution is 0.102. The maximum absolute atomic E-state index is 14.2. The maximum Gasteiger partial charge on any atom is 0.256 e. The highest BCUT2D eigenvalue weighted by atomic mass is 19.1. The van der Waals surface area contributed by atoms with Crippen LogP contribution in [0.3, 0.4) is 0 Å². The molecule has 0 aliphatic heterocycles. The summed E-state index contributed by atoms with van der Waals surface area (Å²) in [5, 5.41) is 3.64. The summed E-state index contributed by atoms with van der Waals surface area (Å²) in [6, 6.07) is 29.2. The Morgan fingerprint density at radius 1 is 0.735 bits per heavy atom. The summed E-state index contributed by atoms with van der Waals surface area (Å²) in [4.78, 5) is 30.1. The highest BCUT2D eigenvalue weighted by Crippen LogP contribution is 2.30. The summed E-state index contributed by atoms with van der Waals surface area (Å²) in [7, 11) is 0. The fourth-order valence-electron chi connectivity index (χ4n) is 3.91. The summed E-state index contributed by atoms with van der Waals surface area (Å²) in [5.74, 6) is -0.835. The van der Waals surface area contributed by atoms with Crippen molar-refractivity contribution in [2.75, 3.05) is 5.32 Å². The zero-order valence-corrected chi connectivity index (χ0v) is 18.0. The summed E-state index contributed by atoms with van der Waals surface area (Å²) in [6.07, 6.45) is 1.59. The highest BCUT2D eigenvalue weighted by molar-refractivity contribution is 6.13. The molecule has 0 saturated carbocycles. The number of carbonyl (C=O) groups excluding carboxylic acids is 2. The first kappa shape index (κ1) is 21.2. The van der Waals surface area contributed by atoms with E-state index in [4.69, 9.17) is 0 Å². The van der Waals surface area contributed by atoms with Crippen LogP contribution in [-0.2, 0) is 0 Å². The number of nitrogens with zero attached hydrogens (tertiary/aromatic N) is 1. The van der Waals surface area contributed by atoms with Gasteiger partial charge in [0.05, 0.1) is 11.1 Å². The van der Waals surface area contributed by atoms with E-state index in [1.807, 2.05) is 42.5 Å². The number of aromatic nitrogens is 1. The molecule has 0 saturated heterocycles. The van der Waals surface area contributed by atoms with Crippen LogP contribution in [0.2, 0.25) is 0 Å².